The maximum atomic E-state index is 2.53. The number of rotatable bonds is 4. The Balaban J connectivity index is 1.18. The van der Waals surface area contributed by atoms with Crippen molar-refractivity contribution in [2.45, 2.75) is 5.41 Å². The molecule has 1 spiro atoms. The molecular weight excluding hydrogens is 675 g/mol. The minimum absolute atomic E-state index is 0.481. The van der Waals surface area contributed by atoms with Crippen molar-refractivity contribution >= 4 is 49.4 Å². The van der Waals surface area contributed by atoms with Gasteiger partial charge in [-0.05, 0) is 125 Å². The SMILES string of the molecule is c1ccc(-c2ccccc2N(c2ccccc2)c2ccc3cc4c(cc3c2)C2(c3ccccc3-c3ccccc32)c2c-4c3ccccc3c3ccccc23)cc1. The molecule has 0 heterocycles. The standard InChI is InChI=1S/C55H35N/c1-3-17-36(18-4-1)41-21-13-16-30-52(41)56(39-19-5-2-6-20-39)40-32-31-37-34-48-51(35-38(37)33-40)55(49-28-14-11-24-44(49)45-25-12-15-29-50(45)55)54-47-27-10-8-23-43(47)42-22-7-9-26-46(42)53(48)54/h1-35H. The predicted octanol–water partition coefficient (Wildman–Crippen LogP) is 14.6. The fourth-order valence-electron chi connectivity index (χ4n) is 10.2. The zero-order chi connectivity index (χ0) is 36.8. The van der Waals surface area contributed by atoms with Crippen molar-refractivity contribution < 1.29 is 0 Å². The highest BCUT2D eigenvalue weighted by molar-refractivity contribution is 6.20. The summed E-state index contributed by atoms with van der Waals surface area (Å²) in [6.07, 6.45) is 0. The Kier molecular flexibility index (Phi) is 6.62. The van der Waals surface area contributed by atoms with Gasteiger partial charge in [-0.3, -0.25) is 0 Å². The van der Waals surface area contributed by atoms with Crippen LogP contribution in [0.2, 0.25) is 0 Å². The molecule has 0 aliphatic heterocycles. The molecule has 10 aromatic rings. The first-order valence-electron chi connectivity index (χ1n) is 19.5. The minimum atomic E-state index is -0.481. The Morgan fingerprint density at radius 3 is 1.59 bits per heavy atom. The second-order valence-electron chi connectivity index (χ2n) is 15.2. The topological polar surface area (TPSA) is 3.24 Å². The Morgan fingerprint density at radius 1 is 0.321 bits per heavy atom. The summed E-state index contributed by atoms with van der Waals surface area (Å²) in [6.45, 7) is 0. The van der Waals surface area contributed by atoms with Crippen molar-refractivity contribution in [2.24, 2.45) is 0 Å². The van der Waals surface area contributed by atoms with Gasteiger partial charge in [-0.2, -0.15) is 0 Å². The van der Waals surface area contributed by atoms with Crippen molar-refractivity contribution in [3.63, 3.8) is 0 Å². The van der Waals surface area contributed by atoms with Gasteiger partial charge < -0.3 is 4.90 Å². The Bertz CT molecular complexity index is 3150. The fraction of sp³-hybridized carbons (Fsp3) is 0.0182. The highest BCUT2D eigenvalue weighted by atomic mass is 15.1. The minimum Gasteiger partial charge on any atom is -0.310 e. The van der Waals surface area contributed by atoms with E-state index in [1.54, 1.807) is 0 Å². The third-order valence-corrected chi connectivity index (χ3v) is 12.4. The third kappa shape index (κ3) is 4.20. The molecule has 1 heteroatoms. The van der Waals surface area contributed by atoms with Crippen LogP contribution in [-0.4, -0.2) is 0 Å². The van der Waals surface area contributed by atoms with E-state index < -0.39 is 5.41 Å². The Morgan fingerprint density at radius 2 is 0.875 bits per heavy atom. The molecule has 260 valence electrons. The van der Waals surface area contributed by atoms with Crippen molar-refractivity contribution in [1.82, 2.24) is 0 Å². The highest BCUT2D eigenvalue weighted by Gasteiger charge is 2.53. The first kappa shape index (κ1) is 31.2. The third-order valence-electron chi connectivity index (χ3n) is 12.4. The highest BCUT2D eigenvalue weighted by Crippen LogP contribution is 2.65. The number of fused-ring (bicyclic) bond motifs is 16. The zero-order valence-corrected chi connectivity index (χ0v) is 30.7. The smallest absolute Gasteiger partial charge is 0.0731 e. The molecule has 10 aromatic carbocycles. The first-order chi connectivity index (χ1) is 27.8. The van der Waals surface area contributed by atoms with Crippen LogP contribution in [0.15, 0.2) is 212 Å². The van der Waals surface area contributed by atoms with Gasteiger partial charge >= 0.3 is 0 Å². The average Bonchev–Trinajstić information content (AvgIpc) is 3.74. The second-order valence-corrected chi connectivity index (χ2v) is 15.2. The van der Waals surface area contributed by atoms with Gasteiger partial charge in [-0.25, -0.2) is 0 Å². The molecule has 0 amide bonds. The molecule has 0 atom stereocenters. The van der Waals surface area contributed by atoms with Crippen LogP contribution >= 0.6 is 0 Å². The van der Waals surface area contributed by atoms with Crippen LogP contribution in [0.5, 0.6) is 0 Å². The summed E-state index contributed by atoms with van der Waals surface area (Å²) in [5.41, 5.74) is 16.1. The lowest BCUT2D eigenvalue weighted by Crippen LogP contribution is -2.26. The van der Waals surface area contributed by atoms with Gasteiger partial charge in [0.15, 0.2) is 0 Å². The van der Waals surface area contributed by atoms with Crippen LogP contribution in [0.4, 0.5) is 17.1 Å². The number of para-hydroxylation sites is 2. The van der Waals surface area contributed by atoms with E-state index >= 15 is 0 Å². The summed E-state index contributed by atoms with van der Waals surface area (Å²) in [5, 5.41) is 7.69. The van der Waals surface area contributed by atoms with Gasteiger partial charge in [0.05, 0.1) is 11.1 Å². The van der Waals surface area contributed by atoms with E-state index in [4.69, 9.17) is 0 Å². The number of hydrogen-bond acceptors (Lipinski definition) is 1. The summed E-state index contributed by atoms with van der Waals surface area (Å²) in [4.78, 5) is 2.42. The van der Waals surface area contributed by atoms with Crippen LogP contribution in [0.1, 0.15) is 22.3 Å². The van der Waals surface area contributed by atoms with Crippen LogP contribution < -0.4 is 4.90 Å². The van der Waals surface area contributed by atoms with Gasteiger partial charge in [0.1, 0.15) is 0 Å². The van der Waals surface area contributed by atoms with Crippen molar-refractivity contribution in [3.8, 4) is 33.4 Å². The number of benzene rings is 10. The van der Waals surface area contributed by atoms with Gasteiger partial charge in [-0.1, -0.05) is 170 Å². The normalized spacial score (nSPS) is 13.1. The van der Waals surface area contributed by atoms with E-state index in [1.807, 2.05) is 0 Å². The average molecular weight is 710 g/mol. The molecule has 2 aliphatic rings. The molecule has 1 nitrogen and oxygen atoms in total. The number of anilines is 3. The second kappa shape index (κ2) is 11.9. The van der Waals surface area contributed by atoms with Crippen molar-refractivity contribution in [3.05, 3.63) is 235 Å². The summed E-state index contributed by atoms with van der Waals surface area (Å²) >= 11 is 0. The van der Waals surface area contributed by atoms with Crippen LogP contribution in [0, 0.1) is 0 Å². The summed E-state index contributed by atoms with van der Waals surface area (Å²) in [6, 6.07) is 78.7. The van der Waals surface area contributed by atoms with E-state index in [-0.39, 0.29) is 0 Å². The maximum absolute atomic E-state index is 2.53. The summed E-state index contributed by atoms with van der Waals surface area (Å²) in [5.74, 6) is 0. The van der Waals surface area contributed by atoms with E-state index in [2.05, 4.69) is 217 Å². The van der Waals surface area contributed by atoms with Crippen LogP contribution in [0.25, 0.3) is 65.7 Å². The van der Waals surface area contributed by atoms with Crippen LogP contribution in [0.3, 0.4) is 0 Å². The number of nitrogens with zero attached hydrogens (tertiary/aromatic N) is 1. The molecule has 0 aromatic heterocycles. The molecule has 0 fully saturated rings. The Labute approximate surface area is 326 Å². The largest absolute Gasteiger partial charge is 0.310 e. The quantitative estimate of drug-likeness (QED) is 0.164. The van der Waals surface area contributed by atoms with E-state index in [9.17, 15) is 0 Å². The molecule has 0 saturated heterocycles. The Hall–Kier alpha value is -7.22. The monoisotopic (exact) mass is 709 g/mol. The first-order valence-corrected chi connectivity index (χ1v) is 19.5. The van der Waals surface area contributed by atoms with Crippen molar-refractivity contribution in [1.29, 1.82) is 0 Å². The fourth-order valence-corrected chi connectivity index (χ4v) is 10.2. The molecule has 0 bridgehead atoms. The van der Waals surface area contributed by atoms with E-state index in [1.165, 1.54) is 88.0 Å². The van der Waals surface area contributed by atoms with Gasteiger partial charge in [0, 0.05) is 16.9 Å². The van der Waals surface area contributed by atoms with Gasteiger partial charge in [0.2, 0.25) is 0 Å². The molecule has 0 radical (unpaired) electrons. The van der Waals surface area contributed by atoms with E-state index in [0.717, 1.165) is 17.1 Å². The van der Waals surface area contributed by atoms with E-state index in [0.29, 0.717) is 0 Å². The lowest BCUT2D eigenvalue weighted by atomic mass is 9.69. The van der Waals surface area contributed by atoms with Crippen molar-refractivity contribution in [2.75, 3.05) is 4.90 Å². The lowest BCUT2D eigenvalue weighted by molar-refractivity contribution is 0.803. The summed E-state index contributed by atoms with van der Waals surface area (Å²) < 4.78 is 0. The summed E-state index contributed by atoms with van der Waals surface area (Å²) in [7, 11) is 0. The molecule has 12 rings (SSSR count). The molecule has 0 saturated carbocycles. The zero-order valence-electron chi connectivity index (χ0n) is 30.7. The van der Waals surface area contributed by atoms with Crippen LogP contribution in [-0.2, 0) is 5.41 Å². The van der Waals surface area contributed by atoms with Gasteiger partial charge in [0.25, 0.3) is 0 Å². The predicted molar refractivity (Wildman–Crippen MR) is 235 cm³/mol. The lowest BCUT2D eigenvalue weighted by Gasteiger charge is -2.32. The molecule has 0 unspecified atom stereocenters. The van der Waals surface area contributed by atoms with Gasteiger partial charge in [-0.15, -0.1) is 0 Å². The molecule has 2 aliphatic carbocycles. The molecule has 0 N–H and O–H groups in total. The number of hydrogen-bond donors (Lipinski definition) is 0. The maximum Gasteiger partial charge on any atom is 0.0731 e. The molecule has 56 heavy (non-hydrogen) atoms. The molecular formula is C55H35N.